The van der Waals surface area contributed by atoms with Crippen LogP contribution in [0.1, 0.15) is 31.5 Å². The van der Waals surface area contributed by atoms with Crippen LogP contribution in [-0.2, 0) is 4.79 Å². The van der Waals surface area contributed by atoms with Crippen LogP contribution in [0.5, 0.6) is 0 Å². The zero-order valence-electron chi connectivity index (χ0n) is 12.6. The molecule has 0 radical (unpaired) electrons. The van der Waals surface area contributed by atoms with E-state index in [9.17, 15) is 4.79 Å². The monoisotopic (exact) mass is 307 g/mol. The molecule has 0 saturated carbocycles. The normalized spacial score (nSPS) is 17.3. The summed E-state index contributed by atoms with van der Waals surface area (Å²) in [5.74, 6) is -0.00144. The van der Waals surface area contributed by atoms with Gasteiger partial charge in [0.1, 0.15) is 0 Å². The first-order valence-electron chi connectivity index (χ1n) is 7.35. The van der Waals surface area contributed by atoms with Crippen molar-refractivity contribution in [3.63, 3.8) is 0 Å². The second kappa shape index (κ2) is 7.57. The number of rotatable bonds is 5. The summed E-state index contributed by atoms with van der Waals surface area (Å²) < 4.78 is 0. The highest BCUT2D eigenvalue weighted by Crippen LogP contribution is 2.18. The highest BCUT2D eigenvalue weighted by atomic mass is 35.5. The Balaban J connectivity index is 1.88. The summed E-state index contributed by atoms with van der Waals surface area (Å²) in [7, 11) is 1.80. The third kappa shape index (κ3) is 4.55. The van der Waals surface area contributed by atoms with E-state index >= 15 is 0 Å². The number of aromatic nitrogens is 1. The minimum atomic E-state index is -0.0776. The maximum absolute atomic E-state index is 12.2. The van der Waals surface area contributed by atoms with Gasteiger partial charge in [-0.15, -0.1) is 0 Å². The van der Waals surface area contributed by atoms with E-state index in [2.05, 4.69) is 9.88 Å². The van der Waals surface area contributed by atoms with Crippen LogP contribution < -0.4 is 0 Å². The summed E-state index contributed by atoms with van der Waals surface area (Å²) >= 11 is 5.83. The number of pyridine rings is 1. The van der Waals surface area contributed by atoms with Crippen molar-refractivity contribution < 1.29 is 4.79 Å². The molecule has 1 atom stereocenters. The number of hydrogen-bond acceptors (Lipinski definition) is 3. The molecule has 5 heteroatoms. The van der Waals surface area contributed by atoms with Gasteiger partial charge in [-0.25, -0.2) is 0 Å². The van der Waals surface area contributed by atoms with Crippen LogP contribution in [0.3, 0.4) is 0 Å². The van der Waals surface area contributed by atoms with Crippen LogP contribution in [0.4, 0.5) is 0 Å². The summed E-state index contributed by atoms with van der Waals surface area (Å²) in [6.45, 7) is 5.09. The lowest BCUT2D eigenvalue weighted by atomic mass is 10.2. The Bertz CT molecular complexity index is 495. The molecule has 0 N–H and O–H groups in total. The summed E-state index contributed by atoms with van der Waals surface area (Å²) in [6, 6.07) is 3.57. The standard InChI is InChI=1S/C16H22ClN3O/c1-13(15-8-7-14(17)12-18-15)19(2)16(21)6-5-11-20-9-3-4-10-20/h5-8,12-13H,3-4,9-11H2,1-2H3/b6-5+. The molecule has 1 fully saturated rings. The minimum absolute atomic E-state index is 0.00144. The summed E-state index contributed by atoms with van der Waals surface area (Å²) in [4.78, 5) is 20.5. The van der Waals surface area contributed by atoms with E-state index in [1.165, 1.54) is 12.8 Å². The van der Waals surface area contributed by atoms with Crippen LogP contribution in [0.15, 0.2) is 30.5 Å². The molecule has 0 aliphatic carbocycles. The van der Waals surface area contributed by atoms with Gasteiger partial charge in [0.2, 0.25) is 5.91 Å². The highest BCUT2D eigenvalue weighted by Gasteiger charge is 2.16. The van der Waals surface area contributed by atoms with Crippen molar-refractivity contribution in [3.05, 3.63) is 41.2 Å². The Morgan fingerprint density at radius 3 is 2.81 bits per heavy atom. The number of carbonyl (C=O) groups excluding carboxylic acids is 1. The average Bonchev–Trinajstić information content (AvgIpc) is 2.99. The molecule has 1 aromatic heterocycles. The lowest BCUT2D eigenvalue weighted by molar-refractivity contribution is -0.126. The van der Waals surface area contributed by atoms with Gasteiger partial charge in [0.15, 0.2) is 0 Å². The van der Waals surface area contributed by atoms with E-state index in [4.69, 9.17) is 11.6 Å². The van der Waals surface area contributed by atoms with Crippen molar-refractivity contribution in [2.45, 2.75) is 25.8 Å². The van der Waals surface area contributed by atoms with Crippen molar-refractivity contribution in [2.24, 2.45) is 0 Å². The van der Waals surface area contributed by atoms with E-state index in [-0.39, 0.29) is 11.9 Å². The fourth-order valence-corrected chi connectivity index (χ4v) is 2.52. The zero-order chi connectivity index (χ0) is 15.2. The molecule has 1 saturated heterocycles. The van der Waals surface area contributed by atoms with Gasteiger partial charge in [-0.1, -0.05) is 17.7 Å². The molecule has 21 heavy (non-hydrogen) atoms. The van der Waals surface area contributed by atoms with Crippen LogP contribution in [0.2, 0.25) is 5.02 Å². The lowest BCUT2D eigenvalue weighted by Gasteiger charge is -2.23. The molecular weight excluding hydrogens is 286 g/mol. The fourth-order valence-electron chi connectivity index (χ4n) is 2.41. The zero-order valence-corrected chi connectivity index (χ0v) is 13.4. The Morgan fingerprint density at radius 1 is 1.48 bits per heavy atom. The molecular formula is C16H22ClN3O. The third-order valence-corrected chi connectivity index (χ3v) is 4.15. The van der Waals surface area contributed by atoms with Crippen molar-refractivity contribution >= 4 is 17.5 Å². The highest BCUT2D eigenvalue weighted by molar-refractivity contribution is 6.30. The van der Waals surface area contributed by atoms with Gasteiger partial charge in [-0.05, 0) is 45.0 Å². The Hall–Kier alpha value is -1.39. The van der Waals surface area contributed by atoms with E-state index in [1.807, 2.05) is 19.1 Å². The van der Waals surface area contributed by atoms with E-state index in [0.29, 0.717) is 5.02 Å². The quantitative estimate of drug-likeness (QED) is 0.785. The Kier molecular flexibility index (Phi) is 5.76. The van der Waals surface area contributed by atoms with Gasteiger partial charge in [0, 0.05) is 25.9 Å². The van der Waals surface area contributed by atoms with Gasteiger partial charge in [-0.2, -0.15) is 0 Å². The number of likely N-dealkylation sites (tertiary alicyclic amines) is 1. The smallest absolute Gasteiger partial charge is 0.246 e. The predicted octanol–water partition coefficient (Wildman–Crippen LogP) is 2.91. The largest absolute Gasteiger partial charge is 0.334 e. The second-order valence-electron chi connectivity index (χ2n) is 5.44. The molecule has 0 bridgehead atoms. The molecule has 1 aliphatic rings. The van der Waals surface area contributed by atoms with Crippen molar-refractivity contribution in [1.82, 2.24) is 14.8 Å². The number of nitrogens with zero attached hydrogens (tertiary/aromatic N) is 3. The first-order valence-corrected chi connectivity index (χ1v) is 7.73. The van der Waals surface area contributed by atoms with E-state index < -0.39 is 0 Å². The first kappa shape index (κ1) is 16.0. The van der Waals surface area contributed by atoms with Crippen LogP contribution in [-0.4, -0.2) is 47.4 Å². The van der Waals surface area contributed by atoms with Gasteiger partial charge in [0.05, 0.1) is 16.8 Å². The molecule has 1 aliphatic heterocycles. The minimum Gasteiger partial charge on any atom is -0.334 e. The van der Waals surface area contributed by atoms with Gasteiger partial charge >= 0.3 is 0 Å². The first-order chi connectivity index (χ1) is 10.1. The maximum Gasteiger partial charge on any atom is 0.246 e. The summed E-state index contributed by atoms with van der Waals surface area (Å²) in [5.41, 5.74) is 0.836. The van der Waals surface area contributed by atoms with Crippen LogP contribution in [0, 0.1) is 0 Å². The Labute approximate surface area is 131 Å². The molecule has 1 aromatic rings. The molecule has 4 nitrogen and oxygen atoms in total. The lowest BCUT2D eigenvalue weighted by Crippen LogP contribution is -2.29. The molecule has 1 unspecified atom stereocenters. The molecule has 1 amide bonds. The van der Waals surface area contributed by atoms with Crippen LogP contribution in [0.25, 0.3) is 0 Å². The molecule has 0 spiro atoms. The van der Waals surface area contributed by atoms with Crippen LogP contribution >= 0.6 is 11.6 Å². The molecule has 114 valence electrons. The van der Waals surface area contributed by atoms with E-state index in [1.54, 1.807) is 30.3 Å². The number of carbonyl (C=O) groups is 1. The van der Waals surface area contributed by atoms with E-state index in [0.717, 1.165) is 25.3 Å². The fraction of sp³-hybridized carbons (Fsp3) is 0.500. The molecule has 0 aromatic carbocycles. The predicted molar refractivity (Wildman–Crippen MR) is 85.2 cm³/mol. The molecule has 2 rings (SSSR count). The number of hydrogen-bond donors (Lipinski definition) is 0. The van der Waals surface area contributed by atoms with Gasteiger partial charge in [-0.3, -0.25) is 14.7 Å². The molecule has 2 heterocycles. The van der Waals surface area contributed by atoms with Crippen molar-refractivity contribution in [2.75, 3.05) is 26.7 Å². The summed E-state index contributed by atoms with van der Waals surface area (Å²) in [6.07, 6.45) is 7.74. The average molecular weight is 308 g/mol. The van der Waals surface area contributed by atoms with Crippen molar-refractivity contribution in [3.8, 4) is 0 Å². The number of likely N-dealkylation sites (N-methyl/N-ethyl adjacent to an activating group) is 1. The third-order valence-electron chi connectivity index (χ3n) is 3.93. The van der Waals surface area contributed by atoms with Gasteiger partial charge in [0.25, 0.3) is 0 Å². The number of halogens is 1. The Morgan fingerprint density at radius 2 is 2.19 bits per heavy atom. The van der Waals surface area contributed by atoms with Crippen molar-refractivity contribution in [1.29, 1.82) is 0 Å². The topological polar surface area (TPSA) is 36.4 Å². The second-order valence-corrected chi connectivity index (χ2v) is 5.87. The van der Waals surface area contributed by atoms with Gasteiger partial charge < -0.3 is 4.90 Å². The maximum atomic E-state index is 12.2. The number of amides is 1. The summed E-state index contributed by atoms with van der Waals surface area (Å²) in [5, 5.41) is 0.602. The SMILES string of the molecule is CC(c1ccc(Cl)cn1)N(C)C(=O)/C=C/CN1CCCC1.